The fraction of sp³-hybridized carbons (Fsp3) is 0.750. The molecule has 1 N–H and O–H groups in total. The van der Waals surface area contributed by atoms with E-state index in [2.05, 4.69) is 12.2 Å². The summed E-state index contributed by atoms with van der Waals surface area (Å²) in [6.07, 6.45) is 0.0575. The van der Waals surface area contributed by atoms with Gasteiger partial charge in [-0.25, -0.2) is 0 Å². The molecule has 0 aliphatic rings. The van der Waals surface area contributed by atoms with Crippen LogP contribution in [0.5, 0.6) is 0 Å². The molecule has 2 nitrogen and oxygen atoms in total. The Labute approximate surface area is 86.8 Å². The fourth-order valence-electron chi connectivity index (χ4n) is 0.214. The normalized spacial score (nSPS) is 8.44. The second-order valence-electron chi connectivity index (χ2n) is 1.51. The molecule has 0 unspecified atom stereocenters. The minimum atomic E-state index is 0. The molecule has 0 heterocycles. The molecule has 0 saturated carbocycles. The Balaban J connectivity index is 0. The summed E-state index contributed by atoms with van der Waals surface area (Å²) >= 11 is 4.98. The van der Waals surface area contributed by atoms with Gasteiger partial charge in [0.2, 0.25) is 4.38 Å². The number of rotatable bonds is 1. The Hall–Kier alpha value is 1.20. The number of ether oxygens (including phenoxy) is 1. The van der Waals surface area contributed by atoms with Gasteiger partial charge in [0.25, 0.3) is 0 Å². The Bertz CT molecular complexity index is 86.6. The topological polar surface area (TPSA) is 29.5 Å². The van der Waals surface area contributed by atoms with Gasteiger partial charge in [0.05, 0.1) is 18.1 Å². The minimum absolute atomic E-state index is 0. The van der Waals surface area contributed by atoms with Crippen molar-refractivity contribution in [2.45, 2.75) is 20.0 Å². The van der Waals surface area contributed by atoms with Gasteiger partial charge in [0, 0.05) is 0 Å². The second-order valence-corrected chi connectivity index (χ2v) is 2.69. The van der Waals surface area contributed by atoms with Crippen LogP contribution in [0.25, 0.3) is 0 Å². The molecule has 0 amide bonds. The molecule has 50 valence electrons. The van der Waals surface area contributed by atoms with E-state index < -0.39 is 0 Å². The molecule has 5 heteroatoms. The number of hydrogen-bond acceptors (Lipinski definition) is 4. The summed E-state index contributed by atoms with van der Waals surface area (Å²) in [5, 5.41) is 0. The number of thiocarbonyl (C=S) groups is 1. The molecule has 0 spiro atoms. The van der Waals surface area contributed by atoms with E-state index in [1.807, 2.05) is 13.8 Å². The van der Waals surface area contributed by atoms with Crippen molar-refractivity contribution >= 4 is 58.2 Å². The average molecular weight is 176 g/mol. The molecule has 0 aliphatic heterocycles. The van der Waals surface area contributed by atoms with Gasteiger partial charge in [-0.2, -0.15) is 0 Å². The molecule has 0 aromatic rings. The van der Waals surface area contributed by atoms with Gasteiger partial charge >= 0.3 is 29.6 Å². The Morgan fingerprint density at radius 1 is 1.67 bits per heavy atom. The molecular formula is C4H9NaO2S2. The summed E-state index contributed by atoms with van der Waals surface area (Å²) in [4.78, 5) is 0. The second kappa shape index (κ2) is 7.31. The van der Waals surface area contributed by atoms with Crippen LogP contribution in [0.3, 0.4) is 0 Å². The van der Waals surface area contributed by atoms with Crippen molar-refractivity contribution < 1.29 is 9.29 Å². The van der Waals surface area contributed by atoms with Crippen LogP contribution in [0.1, 0.15) is 13.8 Å². The molecule has 0 aliphatic carbocycles. The summed E-state index contributed by atoms with van der Waals surface area (Å²) in [5.74, 6) is 0. The summed E-state index contributed by atoms with van der Waals surface area (Å²) in [6, 6.07) is 0. The third kappa shape index (κ3) is 9.20. The number of hydrogen-bond donors (Lipinski definition) is 1. The summed E-state index contributed by atoms with van der Waals surface area (Å²) in [6.45, 7) is 3.70. The van der Waals surface area contributed by atoms with Crippen LogP contribution < -0.4 is 0 Å². The maximum absolute atomic E-state index is 8.23. The van der Waals surface area contributed by atoms with Crippen LogP contribution in [0, 0.1) is 0 Å². The van der Waals surface area contributed by atoms with Gasteiger partial charge in [-0.1, -0.05) is 0 Å². The van der Waals surface area contributed by atoms with Gasteiger partial charge in [-0.15, -0.1) is 0 Å². The van der Waals surface area contributed by atoms with Crippen molar-refractivity contribution in [1.82, 2.24) is 0 Å². The first-order valence-corrected chi connectivity index (χ1v) is 3.37. The summed E-state index contributed by atoms with van der Waals surface area (Å²) in [5.41, 5.74) is 0. The van der Waals surface area contributed by atoms with Crippen molar-refractivity contribution in [2.24, 2.45) is 0 Å². The predicted molar refractivity (Wildman–Crippen MR) is 46.2 cm³/mol. The standard InChI is InChI=1S/C4H8O2S2.Na.H/c1-3(2)6-4(7)8-5;;/h3,5H,1-2H3;;. The summed E-state index contributed by atoms with van der Waals surface area (Å²) in [7, 11) is 0. The van der Waals surface area contributed by atoms with E-state index in [1.165, 1.54) is 0 Å². The molecule has 9 heavy (non-hydrogen) atoms. The van der Waals surface area contributed by atoms with Crippen LogP contribution in [0.15, 0.2) is 0 Å². The van der Waals surface area contributed by atoms with Crippen LogP contribution in [-0.2, 0) is 4.74 Å². The third-order valence-corrected chi connectivity index (χ3v) is 0.972. The molecule has 0 aromatic carbocycles. The zero-order valence-corrected chi connectivity index (χ0v) is 6.38. The van der Waals surface area contributed by atoms with Gasteiger partial charge < -0.3 is 9.29 Å². The van der Waals surface area contributed by atoms with Crippen molar-refractivity contribution in [3.63, 3.8) is 0 Å². The van der Waals surface area contributed by atoms with E-state index >= 15 is 0 Å². The fourth-order valence-corrected chi connectivity index (χ4v) is 0.642. The first-order valence-electron chi connectivity index (χ1n) is 2.19. The van der Waals surface area contributed by atoms with Crippen LogP contribution >= 0.6 is 24.3 Å². The monoisotopic (exact) mass is 176 g/mol. The molecule has 0 bridgehead atoms. The average Bonchev–Trinajstić information content (AvgIpc) is 1.65. The van der Waals surface area contributed by atoms with Crippen molar-refractivity contribution in [2.75, 3.05) is 0 Å². The molecule has 0 fully saturated rings. The van der Waals surface area contributed by atoms with Crippen LogP contribution in [0.4, 0.5) is 0 Å². The van der Waals surface area contributed by atoms with Gasteiger partial charge in [0.1, 0.15) is 0 Å². The van der Waals surface area contributed by atoms with E-state index in [9.17, 15) is 0 Å². The van der Waals surface area contributed by atoms with Crippen LogP contribution in [-0.4, -0.2) is 44.6 Å². The third-order valence-electron chi connectivity index (χ3n) is 0.406. The van der Waals surface area contributed by atoms with Gasteiger partial charge in [-0.05, 0) is 26.1 Å². The van der Waals surface area contributed by atoms with Gasteiger partial charge in [-0.3, -0.25) is 0 Å². The van der Waals surface area contributed by atoms with E-state index in [1.54, 1.807) is 0 Å². The molecular weight excluding hydrogens is 167 g/mol. The SMILES string of the molecule is CC(C)OC(=S)SO.[NaH]. The predicted octanol–water partition coefficient (Wildman–Crippen LogP) is 1.25. The van der Waals surface area contributed by atoms with Crippen molar-refractivity contribution in [1.29, 1.82) is 0 Å². The molecule has 0 rings (SSSR count). The van der Waals surface area contributed by atoms with E-state index in [4.69, 9.17) is 9.29 Å². The Morgan fingerprint density at radius 2 is 2.11 bits per heavy atom. The zero-order chi connectivity index (χ0) is 6.57. The first-order chi connectivity index (χ1) is 3.66. The Kier molecular flexibility index (Phi) is 10.4. The quantitative estimate of drug-likeness (QED) is 0.370. The van der Waals surface area contributed by atoms with E-state index in [0.717, 1.165) is 0 Å². The first kappa shape index (κ1) is 12.8. The maximum atomic E-state index is 8.23. The molecule has 0 atom stereocenters. The Morgan fingerprint density at radius 3 is 2.22 bits per heavy atom. The van der Waals surface area contributed by atoms with Crippen LogP contribution in [0.2, 0.25) is 0 Å². The van der Waals surface area contributed by atoms with E-state index in [0.29, 0.717) is 12.0 Å². The van der Waals surface area contributed by atoms with Crippen molar-refractivity contribution in [3.8, 4) is 0 Å². The molecule has 0 aromatic heterocycles. The van der Waals surface area contributed by atoms with Gasteiger partial charge in [0.15, 0.2) is 0 Å². The molecule has 0 saturated heterocycles. The van der Waals surface area contributed by atoms with Crippen molar-refractivity contribution in [3.05, 3.63) is 0 Å². The summed E-state index contributed by atoms with van der Waals surface area (Å²) < 4.78 is 13.3. The molecule has 0 radical (unpaired) electrons. The zero-order valence-electron chi connectivity index (χ0n) is 4.75. The van der Waals surface area contributed by atoms with E-state index in [-0.39, 0.29) is 40.0 Å².